The number of nitrogens with one attached hydrogen (secondary N) is 1. The Hall–Kier alpha value is -0.0400. The van der Waals surface area contributed by atoms with Crippen LogP contribution in [0.2, 0.25) is 0 Å². The van der Waals surface area contributed by atoms with Crippen LogP contribution >= 0.6 is 0 Å². The Bertz CT molecular complexity index is 220. The quantitative estimate of drug-likeness (QED) is 0.717. The summed E-state index contributed by atoms with van der Waals surface area (Å²) in [5.74, 6) is 2.98. The molecule has 1 nitrogen and oxygen atoms in total. The second-order valence-electron chi connectivity index (χ2n) is 6.98. The summed E-state index contributed by atoms with van der Waals surface area (Å²) >= 11 is 0. The maximum atomic E-state index is 3.89. The summed E-state index contributed by atoms with van der Waals surface area (Å²) in [6, 6.07) is 0.829. The van der Waals surface area contributed by atoms with E-state index in [1.54, 1.807) is 0 Å². The standard InChI is InChI=1S/C17H33N/c1-3-11-18-17(13-15-8-4-5-9-15)16-10-6-7-14(2)12-16/h14-18H,3-13H2,1-2H3. The van der Waals surface area contributed by atoms with Gasteiger partial charge in [0.15, 0.2) is 0 Å². The van der Waals surface area contributed by atoms with Crippen LogP contribution in [0.4, 0.5) is 0 Å². The van der Waals surface area contributed by atoms with Gasteiger partial charge in [0.2, 0.25) is 0 Å². The Morgan fingerprint density at radius 3 is 2.50 bits per heavy atom. The zero-order chi connectivity index (χ0) is 12.8. The smallest absolute Gasteiger partial charge is 0.00980 e. The van der Waals surface area contributed by atoms with Gasteiger partial charge in [-0.1, -0.05) is 52.4 Å². The van der Waals surface area contributed by atoms with Crippen LogP contribution in [0.25, 0.3) is 0 Å². The minimum Gasteiger partial charge on any atom is -0.314 e. The second kappa shape index (κ2) is 7.53. The molecule has 0 aromatic rings. The van der Waals surface area contributed by atoms with Gasteiger partial charge < -0.3 is 5.32 Å². The zero-order valence-corrected chi connectivity index (χ0v) is 12.6. The molecule has 106 valence electrons. The highest BCUT2D eigenvalue weighted by Gasteiger charge is 2.29. The highest BCUT2D eigenvalue weighted by atomic mass is 14.9. The first-order chi connectivity index (χ1) is 8.79. The van der Waals surface area contributed by atoms with Gasteiger partial charge in [-0.25, -0.2) is 0 Å². The SMILES string of the molecule is CCCNC(CC1CCCC1)C1CCCC(C)C1. The molecule has 0 aliphatic heterocycles. The Labute approximate surface area is 114 Å². The van der Waals surface area contributed by atoms with E-state index in [1.165, 1.54) is 70.8 Å². The molecule has 0 aromatic heterocycles. The van der Waals surface area contributed by atoms with Crippen molar-refractivity contribution < 1.29 is 0 Å². The summed E-state index contributed by atoms with van der Waals surface area (Å²) in [5, 5.41) is 3.89. The minimum absolute atomic E-state index is 0.829. The summed E-state index contributed by atoms with van der Waals surface area (Å²) in [5.41, 5.74) is 0. The number of rotatable bonds is 6. The van der Waals surface area contributed by atoms with E-state index in [4.69, 9.17) is 0 Å². The molecule has 18 heavy (non-hydrogen) atoms. The van der Waals surface area contributed by atoms with E-state index in [0.717, 1.165) is 23.8 Å². The molecule has 3 unspecified atom stereocenters. The Kier molecular flexibility index (Phi) is 6.01. The molecule has 1 heteroatoms. The van der Waals surface area contributed by atoms with Gasteiger partial charge >= 0.3 is 0 Å². The third-order valence-corrected chi connectivity index (χ3v) is 5.26. The van der Waals surface area contributed by atoms with Crippen LogP contribution in [-0.4, -0.2) is 12.6 Å². The Morgan fingerprint density at radius 1 is 1.06 bits per heavy atom. The fourth-order valence-corrected chi connectivity index (χ4v) is 4.22. The summed E-state index contributed by atoms with van der Waals surface area (Å²) in [6.45, 7) is 5.98. The van der Waals surface area contributed by atoms with E-state index < -0.39 is 0 Å². The van der Waals surface area contributed by atoms with E-state index in [-0.39, 0.29) is 0 Å². The van der Waals surface area contributed by atoms with Gasteiger partial charge in [-0.05, 0) is 50.0 Å². The lowest BCUT2D eigenvalue weighted by atomic mass is 9.76. The molecule has 2 saturated carbocycles. The van der Waals surface area contributed by atoms with Crippen LogP contribution in [0, 0.1) is 17.8 Å². The van der Waals surface area contributed by atoms with Crippen LogP contribution < -0.4 is 5.32 Å². The molecule has 0 aromatic carbocycles. The van der Waals surface area contributed by atoms with Crippen molar-refractivity contribution in [3.05, 3.63) is 0 Å². The fraction of sp³-hybridized carbons (Fsp3) is 1.00. The normalized spacial score (nSPS) is 31.7. The Morgan fingerprint density at radius 2 is 1.83 bits per heavy atom. The van der Waals surface area contributed by atoms with Gasteiger partial charge in [-0.3, -0.25) is 0 Å². The van der Waals surface area contributed by atoms with Gasteiger partial charge in [0, 0.05) is 6.04 Å². The molecule has 2 rings (SSSR count). The predicted octanol–water partition coefficient (Wildman–Crippen LogP) is 4.76. The van der Waals surface area contributed by atoms with Crippen LogP contribution in [0.3, 0.4) is 0 Å². The average molecular weight is 251 g/mol. The first-order valence-corrected chi connectivity index (χ1v) is 8.53. The molecule has 2 aliphatic carbocycles. The van der Waals surface area contributed by atoms with Gasteiger partial charge in [-0.15, -0.1) is 0 Å². The molecular weight excluding hydrogens is 218 g/mol. The van der Waals surface area contributed by atoms with E-state index in [1.807, 2.05) is 0 Å². The van der Waals surface area contributed by atoms with Crippen molar-refractivity contribution in [3.8, 4) is 0 Å². The Balaban J connectivity index is 1.85. The molecule has 3 atom stereocenters. The minimum atomic E-state index is 0.829. The van der Waals surface area contributed by atoms with Crippen LogP contribution in [-0.2, 0) is 0 Å². The monoisotopic (exact) mass is 251 g/mol. The van der Waals surface area contributed by atoms with Crippen molar-refractivity contribution >= 4 is 0 Å². The van der Waals surface area contributed by atoms with Crippen molar-refractivity contribution in [2.24, 2.45) is 17.8 Å². The molecular formula is C17H33N. The van der Waals surface area contributed by atoms with Crippen molar-refractivity contribution in [2.45, 2.75) is 84.1 Å². The van der Waals surface area contributed by atoms with Gasteiger partial charge in [0.25, 0.3) is 0 Å². The lowest BCUT2D eigenvalue weighted by Crippen LogP contribution is -2.40. The first kappa shape index (κ1) is 14.4. The number of hydrogen-bond acceptors (Lipinski definition) is 1. The highest BCUT2D eigenvalue weighted by molar-refractivity contribution is 4.84. The second-order valence-corrected chi connectivity index (χ2v) is 6.98. The van der Waals surface area contributed by atoms with Crippen molar-refractivity contribution in [2.75, 3.05) is 6.54 Å². The molecule has 0 bridgehead atoms. The molecule has 2 fully saturated rings. The number of hydrogen-bond donors (Lipinski definition) is 1. The molecule has 0 saturated heterocycles. The molecule has 0 amide bonds. The van der Waals surface area contributed by atoms with Crippen molar-refractivity contribution in [3.63, 3.8) is 0 Å². The third kappa shape index (κ3) is 4.26. The first-order valence-electron chi connectivity index (χ1n) is 8.53. The third-order valence-electron chi connectivity index (χ3n) is 5.26. The topological polar surface area (TPSA) is 12.0 Å². The lowest BCUT2D eigenvalue weighted by Gasteiger charge is -2.35. The maximum absolute atomic E-state index is 3.89. The largest absolute Gasteiger partial charge is 0.314 e. The van der Waals surface area contributed by atoms with Crippen molar-refractivity contribution in [1.29, 1.82) is 0 Å². The highest BCUT2D eigenvalue weighted by Crippen LogP contribution is 2.36. The van der Waals surface area contributed by atoms with Crippen LogP contribution in [0.5, 0.6) is 0 Å². The predicted molar refractivity (Wildman–Crippen MR) is 79.8 cm³/mol. The zero-order valence-electron chi connectivity index (χ0n) is 12.6. The van der Waals surface area contributed by atoms with Gasteiger partial charge in [-0.2, -0.15) is 0 Å². The summed E-state index contributed by atoms with van der Waals surface area (Å²) in [6.07, 6.45) is 14.7. The summed E-state index contributed by atoms with van der Waals surface area (Å²) in [4.78, 5) is 0. The maximum Gasteiger partial charge on any atom is 0.00980 e. The van der Waals surface area contributed by atoms with E-state index in [2.05, 4.69) is 19.2 Å². The van der Waals surface area contributed by atoms with Crippen molar-refractivity contribution in [1.82, 2.24) is 5.32 Å². The van der Waals surface area contributed by atoms with E-state index in [0.29, 0.717) is 0 Å². The lowest BCUT2D eigenvalue weighted by molar-refractivity contribution is 0.199. The van der Waals surface area contributed by atoms with E-state index >= 15 is 0 Å². The molecule has 0 heterocycles. The summed E-state index contributed by atoms with van der Waals surface area (Å²) < 4.78 is 0. The molecule has 2 aliphatic rings. The molecule has 1 N–H and O–H groups in total. The summed E-state index contributed by atoms with van der Waals surface area (Å²) in [7, 11) is 0. The van der Waals surface area contributed by atoms with Crippen LogP contribution in [0.1, 0.15) is 78.1 Å². The van der Waals surface area contributed by atoms with Crippen LogP contribution in [0.15, 0.2) is 0 Å². The van der Waals surface area contributed by atoms with E-state index in [9.17, 15) is 0 Å². The molecule has 0 spiro atoms. The van der Waals surface area contributed by atoms with Gasteiger partial charge in [0.1, 0.15) is 0 Å². The van der Waals surface area contributed by atoms with Gasteiger partial charge in [0.05, 0.1) is 0 Å². The molecule has 0 radical (unpaired) electrons. The fourth-order valence-electron chi connectivity index (χ4n) is 4.22. The average Bonchev–Trinajstić information content (AvgIpc) is 2.87.